The third kappa shape index (κ3) is 3.55. The number of ether oxygens (including phenoxy) is 1. The molecule has 0 fully saturated rings. The number of aliphatic hydroxyl groups is 1. The second-order valence-electron chi connectivity index (χ2n) is 5.26. The summed E-state index contributed by atoms with van der Waals surface area (Å²) >= 11 is 9.06. The van der Waals surface area contributed by atoms with Gasteiger partial charge in [0.25, 0.3) is 0 Å². The first-order valence-electron chi connectivity index (χ1n) is 7.25. The molecule has 2 aromatic rings. The molecule has 24 heavy (non-hydrogen) atoms. The highest BCUT2D eigenvalue weighted by Gasteiger charge is 2.31. The lowest BCUT2D eigenvalue weighted by Gasteiger charge is -2.19. The van der Waals surface area contributed by atoms with Crippen molar-refractivity contribution in [3.05, 3.63) is 39.1 Å². The number of hydrogen-bond donors (Lipinski definition) is 2. The maximum atomic E-state index is 12.2. The predicted octanol–water partition coefficient (Wildman–Crippen LogP) is 3.24. The standard InChI is InChI=1S/C15H17BrClN3O4/c1-4-24-14(23)11-12(20(7(2)3)15(16)19-11)13(22)10-9(21)5-8(17)6-18-10/h5-7,13,21-22H,4H2,1-3H3. The van der Waals surface area contributed by atoms with E-state index in [1.807, 2.05) is 13.8 Å². The highest BCUT2D eigenvalue weighted by molar-refractivity contribution is 9.10. The molecule has 130 valence electrons. The number of carbonyl (C=O) groups excluding carboxylic acids is 1. The Morgan fingerprint density at radius 3 is 2.71 bits per heavy atom. The van der Waals surface area contributed by atoms with Crippen LogP contribution < -0.4 is 0 Å². The van der Waals surface area contributed by atoms with E-state index in [4.69, 9.17) is 16.3 Å². The van der Waals surface area contributed by atoms with Crippen LogP contribution in [-0.4, -0.2) is 37.3 Å². The van der Waals surface area contributed by atoms with Crippen LogP contribution in [-0.2, 0) is 4.74 Å². The monoisotopic (exact) mass is 417 g/mol. The summed E-state index contributed by atoms with van der Waals surface area (Å²) in [6, 6.07) is 1.15. The zero-order valence-electron chi connectivity index (χ0n) is 13.3. The molecule has 0 radical (unpaired) electrons. The molecule has 0 spiro atoms. The molecule has 0 saturated heterocycles. The minimum Gasteiger partial charge on any atom is -0.506 e. The lowest BCUT2D eigenvalue weighted by Crippen LogP contribution is -2.17. The van der Waals surface area contributed by atoms with Crippen molar-refractivity contribution in [2.45, 2.75) is 32.9 Å². The number of rotatable bonds is 5. The molecule has 2 rings (SSSR count). The van der Waals surface area contributed by atoms with E-state index in [1.54, 1.807) is 11.5 Å². The van der Waals surface area contributed by atoms with E-state index in [1.165, 1.54) is 12.3 Å². The van der Waals surface area contributed by atoms with Gasteiger partial charge in [-0.25, -0.2) is 9.78 Å². The molecule has 1 unspecified atom stereocenters. The van der Waals surface area contributed by atoms with Gasteiger partial charge in [-0.3, -0.25) is 4.98 Å². The van der Waals surface area contributed by atoms with E-state index in [9.17, 15) is 15.0 Å². The van der Waals surface area contributed by atoms with Crippen LogP contribution in [0.4, 0.5) is 0 Å². The third-order valence-electron chi connectivity index (χ3n) is 3.27. The van der Waals surface area contributed by atoms with Gasteiger partial charge in [0.2, 0.25) is 0 Å². The van der Waals surface area contributed by atoms with Crippen molar-refractivity contribution in [1.82, 2.24) is 14.5 Å². The quantitative estimate of drug-likeness (QED) is 0.724. The normalized spacial score (nSPS) is 12.5. The van der Waals surface area contributed by atoms with Crippen molar-refractivity contribution in [2.75, 3.05) is 6.61 Å². The Labute approximate surface area is 152 Å². The molecular formula is C15H17BrClN3O4. The smallest absolute Gasteiger partial charge is 0.358 e. The van der Waals surface area contributed by atoms with Crippen molar-refractivity contribution in [3.63, 3.8) is 0 Å². The molecule has 0 saturated carbocycles. The van der Waals surface area contributed by atoms with Gasteiger partial charge in [-0.2, -0.15) is 0 Å². The van der Waals surface area contributed by atoms with Crippen molar-refractivity contribution in [3.8, 4) is 5.75 Å². The second-order valence-corrected chi connectivity index (χ2v) is 6.41. The molecule has 0 aliphatic carbocycles. The molecule has 7 nitrogen and oxygen atoms in total. The summed E-state index contributed by atoms with van der Waals surface area (Å²) in [6.45, 7) is 5.58. The Kier molecular flexibility index (Phi) is 5.84. The van der Waals surface area contributed by atoms with Crippen molar-refractivity contribution in [2.24, 2.45) is 0 Å². The lowest BCUT2D eigenvalue weighted by atomic mass is 10.1. The number of esters is 1. The first-order valence-corrected chi connectivity index (χ1v) is 8.42. The van der Waals surface area contributed by atoms with Crippen LogP contribution in [0.1, 0.15) is 54.8 Å². The summed E-state index contributed by atoms with van der Waals surface area (Å²) < 4.78 is 7.00. The highest BCUT2D eigenvalue weighted by atomic mass is 79.9. The Balaban J connectivity index is 2.63. The second kappa shape index (κ2) is 7.50. The van der Waals surface area contributed by atoms with Gasteiger partial charge < -0.3 is 19.5 Å². The Morgan fingerprint density at radius 2 is 2.17 bits per heavy atom. The average molecular weight is 419 g/mol. The van der Waals surface area contributed by atoms with Crippen LogP contribution in [0.2, 0.25) is 5.02 Å². The summed E-state index contributed by atoms with van der Waals surface area (Å²) in [5, 5.41) is 21.0. The Hall–Kier alpha value is -1.64. The van der Waals surface area contributed by atoms with Crippen LogP contribution in [0.3, 0.4) is 0 Å². The number of aromatic nitrogens is 3. The fraction of sp³-hybridized carbons (Fsp3) is 0.400. The molecule has 9 heteroatoms. The molecule has 1 atom stereocenters. The Bertz CT molecular complexity index is 763. The van der Waals surface area contributed by atoms with Crippen molar-refractivity contribution < 1.29 is 19.7 Å². The molecule has 2 N–H and O–H groups in total. The average Bonchev–Trinajstić information content (AvgIpc) is 2.84. The first kappa shape index (κ1) is 18.7. The molecule has 0 amide bonds. The number of halogens is 2. The van der Waals surface area contributed by atoms with E-state index in [0.717, 1.165) is 0 Å². The van der Waals surface area contributed by atoms with Gasteiger partial charge in [0.15, 0.2) is 10.4 Å². The highest BCUT2D eigenvalue weighted by Crippen LogP contribution is 2.34. The fourth-order valence-corrected chi connectivity index (χ4v) is 3.23. The first-order chi connectivity index (χ1) is 11.3. The van der Waals surface area contributed by atoms with Gasteiger partial charge in [-0.1, -0.05) is 11.6 Å². The summed E-state index contributed by atoms with van der Waals surface area (Å²) in [7, 11) is 0. The van der Waals surface area contributed by atoms with Crippen molar-refractivity contribution >= 4 is 33.5 Å². The summed E-state index contributed by atoms with van der Waals surface area (Å²) in [5.74, 6) is -0.947. The number of aliphatic hydroxyl groups excluding tert-OH is 1. The molecule has 0 aromatic carbocycles. The maximum Gasteiger partial charge on any atom is 0.358 e. The SMILES string of the molecule is CCOC(=O)c1nc(Br)n(C(C)C)c1C(O)c1ncc(Cl)cc1O. The number of hydrogen-bond acceptors (Lipinski definition) is 6. The summed E-state index contributed by atoms with van der Waals surface area (Å²) in [4.78, 5) is 20.3. The zero-order valence-corrected chi connectivity index (χ0v) is 15.7. The fourth-order valence-electron chi connectivity index (χ4n) is 2.30. The number of pyridine rings is 1. The van der Waals surface area contributed by atoms with Gasteiger partial charge in [-0.15, -0.1) is 0 Å². The van der Waals surface area contributed by atoms with Gasteiger partial charge in [-0.05, 0) is 36.7 Å². The van der Waals surface area contributed by atoms with Crippen LogP contribution in [0.25, 0.3) is 0 Å². The van der Waals surface area contributed by atoms with Gasteiger partial charge in [0.1, 0.15) is 17.5 Å². The largest absolute Gasteiger partial charge is 0.506 e. The van der Waals surface area contributed by atoms with Crippen LogP contribution in [0.15, 0.2) is 17.0 Å². The summed E-state index contributed by atoms with van der Waals surface area (Å²) in [5.41, 5.74) is 0.112. The predicted molar refractivity (Wildman–Crippen MR) is 91.2 cm³/mol. The Morgan fingerprint density at radius 1 is 1.50 bits per heavy atom. The van der Waals surface area contributed by atoms with E-state index < -0.39 is 12.1 Å². The minimum absolute atomic E-state index is 0.0285. The molecule has 2 aromatic heterocycles. The van der Waals surface area contributed by atoms with Gasteiger partial charge in [0, 0.05) is 18.3 Å². The van der Waals surface area contributed by atoms with E-state index in [2.05, 4.69) is 25.9 Å². The number of imidazole rings is 1. The lowest BCUT2D eigenvalue weighted by molar-refractivity contribution is 0.0513. The van der Waals surface area contributed by atoms with Crippen LogP contribution >= 0.6 is 27.5 Å². The zero-order chi connectivity index (χ0) is 18.0. The van der Waals surface area contributed by atoms with Gasteiger partial charge >= 0.3 is 5.97 Å². The molecule has 0 aliphatic heterocycles. The summed E-state index contributed by atoms with van der Waals surface area (Å²) in [6.07, 6.45) is -0.0856. The number of carbonyl (C=O) groups is 1. The molecular weight excluding hydrogens is 402 g/mol. The van der Waals surface area contributed by atoms with Crippen LogP contribution in [0.5, 0.6) is 5.75 Å². The van der Waals surface area contributed by atoms with Crippen LogP contribution in [0, 0.1) is 0 Å². The number of aromatic hydroxyl groups is 1. The van der Waals surface area contributed by atoms with E-state index in [-0.39, 0.29) is 40.5 Å². The molecule has 2 heterocycles. The number of nitrogens with zero attached hydrogens (tertiary/aromatic N) is 3. The molecule has 0 aliphatic rings. The van der Waals surface area contributed by atoms with Gasteiger partial charge in [0.05, 0.1) is 17.3 Å². The minimum atomic E-state index is -1.39. The van der Waals surface area contributed by atoms with E-state index >= 15 is 0 Å². The van der Waals surface area contributed by atoms with Crippen molar-refractivity contribution in [1.29, 1.82) is 0 Å². The molecule has 0 bridgehead atoms. The van der Waals surface area contributed by atoms with E-state index in [0.29, 0.717) is 4.73 Å². The third-order valence-corrected chi connectivity index (χ3v) is 4.04. The topological polar surface area (TPSA) is 97.5 Å². The maximum absolute atomic E-state index is 12.2.